The van der Waals surface area contributed by atoms with E-state index in [9.17, 15) is 14.3 Å². The van der Waals surface area contributed by atoms with E-state index in [1.165, 1.54) is 49.6 Å². The number of aliphatic carboxylic acids is 1. The summed E-state index contributed by atoms with van der Waals surface area (Å²) >= 11 is 0. The summed E-state index contributed by atoms with van der Waals surface area (Å²) in [4.78, 5) is 17.2. The quantitative estimate of drug-likeness (QED) is 0.420. The number of carbonyl (C=O) groups is 1. The van der Waals surface area contributed by atoms with Gasteiger partial charge in [0.1, 0.15) is 5.82 Å². The number of hydrogen-bond donors (Lipinski definition) is 1. The van der Waals surface area contributed by atoms with Gasteiger partial charge >= 0.3 is 5.97 Å². The molecule has 2 saturated heterocycles. The second-order valence-electron chi connectivity index (χ2n) is 12.3. The van der Waals surface area contributed by atoms with Crippen molar-refractivity contribution in [3.8, 4) is 0 Å². The summed E-state index contributed by atoms with van der Waals surface area (Å²) < 4.78 is 16.5. The Morgan fingerprint density at radius 2 is 1.85 bits per heavy atom. The van der Waals surface area contributed by atoms with Crippen LogP contribution >= 0.6 is 0 Å². The van der Waals surface area contributed by atoms with Crippen molar-refractivity contribution in [2.75, 3.05) is 39.3 Å². The molecule has 5 rings (SSSR count). The third-order valence-corrected chi connectivity index (χ3v) is 10.2. The molecule has 2 aromatic rings. The van der Waals surface area contributed by atoms with Gasteiger partial charge in [0.2, 0.25) is 0 Å². The molecule has 39 heavy (non-hydrogen) atoms. The molecule has 214 valence electrons. The van der Waals surface area contributed by atoms with Gasteiger partial charge in [-0.2, -0.15) is 5.10 Å². The van der Waals surface area contributed by atoms with Crippen molar-refractivity contribution >= 4 is 5.97 Å². The van der Waals surface area contributed by atoms with E-state index in [0.29, 0.717) is 31.2 Å². The number of likely N-dealkylation sites (tertiary alicyclic amines) is 2. The number of aryl methyl sites for hydroxylation is 2. The van der Waals surface area contributed by atoms with Gasteiger partial charge in [-0.15, -0.1) is 0 Å². The molecule has 2 atom stereocenters. The normalized spacial score (nSPS) is 23.3. The van der Waals surface area contributed by atoms with Crippen molar-refractivity contribution in [2.24, 2.45) is 11.3 Å². The molecular formula is C32H47FN4O2. The summed E-state index contributed by atoms with van der Waals surface area (Å²) in [5.74, 6) is 0.284. The zero-order valence-corrected chi connectivity index (χ0v) is 24.2. The third kappa shape index (κ3) is 5.81. The van der Waals surface area contributed by atoms with Crippen LogP contribution in [0.4, 0.5) is 4.39 Å². The number of aromatic nitrogens is 2. The van der Waals surface area contributed by atoms with Gasteiger partial charge in [-0.3, -0.25) is 9.48 Å². The molecule has 0 unspecified atom stereocenters. The minimum atomic E-state index is -0.721. The number of fused-ring (bicyclic) bond motifs is 1. The van der Waals surface area contributed by atoms with Gasteiger partial charge in [-0.25, -0.2) is 4.39 Å². The highest BCUT2D eigenvalue weighted by atomic mass is 19.1. The second kappa shape index (κ2) is 12.1. The first-order valence-electron chi connectivity index (χ1n) is 15.4. The zero-order valence-electron chi connectivity index (χ0n) is 24.2. The Morgan fingerprint density at radius 1 is 1.08 bits per heavy atom. The molecule has 1 N–H and O–H groups in total. The molecule has 0 amide bonds. The lowest BCUT2D eigenvalue weighted by molar-refractivity contribution is -0.150. The van der Waals surface area contributed by atoms with Crippen LogP contribution in [0.2, 0.25) is 0 Å². The minimum absolute atomic E-state index is 0.191. The van der Waals surface area contributed by atoms with Crippen molar-refractivity contribution in [3.05, 3.63) is 52.6 Å². The Balaban J connectivity index is 1.28. The van der Waals surface area contributed by atoms with Gasteiger partial charge in [0.25, 0.3) is 0 Å². The molecule has 1 aromatic heterocycles. The zero-order chi connectivity index (χ0) is 27.6. The number of carboxylic acids is 1. The maximum Gasteiger partial charge on any atom is 0.310 e. The average molecular weight is 539 g/mol. The van der Waals surface area contributed by atoms with Crippen molar-refractivity contribution in [2.45, 2.75) is 90.5 Å². The molecule has 0 bridgehead atoms. The van der Waals surface area contributed by atoms with Gasteiger partial charge in [0.15, 0.2) is 0 Å². The van der Waals surface area contributed by atoms with E-state index in [1.807, 2.05) is 19.9 Å². The predicted octanol–water partition coefficient (Wildman–Crippen LogP) is 5.71. The molecule has 4 heterocycles. The fraction of sp³-hybridized carbons (Fsp3) is 0.688. The van der Waals surface area contributed by atoms with Crippen LogP contribution in [0.25, 0.3) is 0 Å². The summed E-state index contributed by atoms with van der Waals surface area (Å²) in [6.07, 6.45) is 8.28. The van der Waals surface area contributed by atoms with Gasteiger partial charge in [-0.05, 0) is 99.6 Å². The number of benzene rings is 1. The highest BCUT2D eigenvalue weighted by molar-refractivity contribution is 5.74. The lowest BCUT2D eigenvalue weighted by Gasteiger charge is -2.35. The van der Waals surface area contributed by atoms with Crippen LogP contribution in [-0.2, 0) is 24.2 Å². The molecule has 0 saturated carbocycles. The Kier molecular flexibility index (Phi) is 8.77. The number of carboxylic acid groups (broad SMARTS) is 1. The number of piperidine rings is 1. The van der Waals surface area contributed by atoms with E-state index in [2.05, 4.69) is 27.5 Å². The molecule has 0 aliphatic carbocycles. The third-order valence-electron chi connectivity index (χ3n) is 10.2. The van der Waals surface area contributed by atoms with Crippen molar-refractivity contribution in [3.63, 3.8) is 0 Å². The first-order chi connectivity index (χ1) is 18.9. The van der Waals surface area contributed by atoms with Crippen LogP contribution < -0.4 is 0 Å². The first-order valence-corrected chi connectivity index (χ1v) is 15.4. The van der Waals surface area contributed by atoms with E-state index in [-0.39, 0.29) is 11.7 Å². The molecule has 3 aliphatic heterocycles. The monoisotopic (exact) mass is 538 g/mol. The van der Waals surface area contributed by atoms with Crippen LogP contribution in [0, 0.1) is 17.2 Å². The van der Waals surface area contributed by atoms with Crippen molar-refractivity contribution < 1.29 is 14.3 Å². The first kappa shape index (κ1) is 28.3. The molecule has 1 aromatic carbocycles. The van der Waals surface area contributed by atoms with Crippen LogP contribution in [0.3, 0.4) is 0 Å². The van der Waals surface area contributed by atoms with Gasteiger partial charge in [0, 0.05) is 44.3 Å². The Bertz CT molecular complexity index is 1140. The highest BCUT2D eigenvalue weighted by Crippen LogP contribution is 2.39. The van der Waals surface area contributed by atoms with E-state index >= 15 is 0 Å². The summed E-state index contributed by atoms with van der Waals surface area (Å²) in [6, 6.07) is 7.07. The van der Waals surface area contributed by atoms with Gasteiger partial charge in [-0.1, -0.05) is 32.9 Å². The molecule has 0 spiro atoms. The van der Waals surface area contributed by atoms with Crippen LogP contribution in [0.5, 0.6) is 0 Å². The minimum Gasteiger partial charge on any atom is -0.481 e. The maximum atomic E-state index is 14.2. The lowest BCUT2D eigenvalue weighted by atomic mass is 9.82. The number of nitrogens with zero attached hydrogens (tertiary/aromatic N) is 4. The number of halogens is 1. The fourth-order valence-corrected chi connectivity index (χ4v) is 7.70. The Morgan fingerprint density at radius 3 is 2.51 bits per heavy atom. The van der Waals surface area contributed by atoms with Crippen LogP contribution in [0.15, 0.2) is 24.3 Å². The van der Waals surface area contributed by atoms with E-state index in [4.69, 9.17) is 5.10 Å². The smallest absolute Gasteiger partial charge is 0.310 e. The SMILES string of the molecule is CCc1nn2c(c1C1CCN(C[C@H]3CN(CC(CC)(CC)C(=O)O)C[C@@H]3c3cccc(F)c3)CC1)CCCC2. The topological polar surface area (TPSA) is 61.6 Å². The highest BCUT2D eigenvalue weighted by Gasteiger charge is 2.42. The molecular weight excluding hydrogens is 491 g/mol. The maximum absolute atomic E-state index is 14.2. The second-order valence-corrected chi connectivity index (χ2v) is 12.3. The lowest BCUT2D eigenvalue weighted by Crippen LogP contribution is -2.42. The summed E-state index contributed by atoms with van der Waals surface area (Å²) in [7, 11) is 0. The van der Waals surface area contributed by atoms with Crippen LogP contribution in [0.1, 0.15) is 93.6 Å². The van der Waals surface area contributed by atoms with Gasteiger partial charge < -0.3 is 14.9 Å². The van der Waals surface area contributed by atoms with E-state index in [0.717, 1.165) is 51.3 Å². The fourth-order valence-electron chi connectivity index (χ4n) is 7.70. The predicted molar refractivity (Wildman–Crippen MR) is 153 cm³/mol. The molecule has 3 aliphatic rings. The molecule has 0 radical (unpaired) electrons. The number of rotatable bonds is 10. The Labute approximate surface area is 233 Å². The van der Waals surface area contributed by atoms with Crippen molar-refractivity contribution in [1.82, 2.24) is 19.6 Å². The molecule has 2 fully saturated rings. The van der Waals surface area contributed by atoms with Crippen LogP contribution in [-0.4, -0.2) is 69.9 Å². The number of hydrogen-bond acceptors (Lipinski definition) is 4. The average Bonchev–Trinajstić information content (AvgIpc) is 3.53. The summed E-state index contributed by atoms with van der Waals surface area (Å²) in [5.41, 5.74) is 4.71. The van der Waals surface area contributed by atoms with Crippen molar-refractivity contribution in [1.29, 1.82) is 0 Å². The standard InChI is InChI=1S/C32H47FN4O2/c1-4-28-30(29-12-7-8-15-37(29)34-28)23-13-16-35(17-14-23)19-25-20-36(22-32(5-2,6-3)31(38)39)21-27(25)24-10-9-11-26(33)18-24/h9-11,18,23,25,27H,4-8,12-17,19-22H2,1-3H3,(H,38,39)/t25-,27+/m0/s1. The summed E-state index contributed by atoms with van der Waals surface area (Å²) in [5, 5.41) is 15.0. The van der Waals surface area contributed by atoms with Gasteiger partial charge in [0.05, 0.1) is 11.1 Å². The Hall–Kier alpha value is -2.25. The molecule has 7 heteroatoms. The largest absolute Gasteiger partial charge is 0.481 e. The molecule has 6 nitrogen and oxygen atoms in total. The van der Waals surface area contributed by atoms with E-state index in [1.54, 1.807) is 11.6 Å². The summed E-state index contributed by atoms with van der Waals surface area (Å²) in [6.45, 7) is 12.6. The van der Waals surface area contributed by atoms with E-state index < -0.39 is 11.4 Å².